The molecule has 1 amide bonds. The van der Waals surface area contributed by atoms with Gasteiger partial charge in [0.1, 0.15) is 0 Å². The summed E-state index contributed by atoms with van der Waals surface area (Å²) >= 11 is 3.42. The molecule has 6 heteroatoms. The minimum atomic E-state index is -0.00727. The second kappa shape index (κ2) is 7.49. The number of carbonyl (C=O) groups excluding carboxylic acids is 1. The van der Waals surface area contributed by atoms with Crippen LogP contribution >= 0.6 is 15.9 Å². The highest BCUT2D eigenvalue weighted by Gasteiger charge is 2.28. The first kappa shape index (κ1) is 17.2. The van der Waals surface area contributed by atoms with Crippen LogP contribution in [-0.2, 0) is 11.2 Å². The molecule has 3 rings (SSSR count). The summed E-state index contributed by atoms with van der Waals surface area (Å²) in [6, 6.07) is 7.98. The molecule has 1 aromatic heterocycles. The fourth-order valence-corrected chi connectivity index (χ4v) is 2.92. The molecule has 1 aromatic carbocycles. The van der Waals surface area contributed by atoms with Gasteiger partial charge in [0.25, 0.3) is 0 Å². The lowest BCUT2D eigenvalue weighted by Crippen LogP contribution is -2.38. The van der Waals surface area contributed by atoms with E-state index in [0.29, 0.717) is 31.2 Å². The number of nitrogens with zero attached hydrogens (tertiary/aromatic N) is 1. The zero-order valence-electron chi connectivity index (χ0n) is 13.7. The first-order valence-electron chi connectivity index (χ1n) is 8.27. The number of benzene rings is 1. The maximum absolute atomic E-state index is 11.9. The van der Waals surface area contributed by atoms with Crippen LogP contribution in [-0.4, -0.2) is 23.5 Å². The van der Waals surface area contributed by atoms with Gasteiger partial charge in [-0.05, 0) is 37.8 Å². The molecule has 2 aromatic rings. The van der Waals surface area contributed by atoms with E-state index in [-0.39, 0.29) is 11.9 Å². The van der Waals surface area contributed by atoms with Gasteiger partial charge in [0.2, 0.25) is 5.91 Å². The second-order valence-electron chi connectivity index (χ2n) is 6.33. The minimum absolute atomic E-state index is 0.00727. The average Bonchev–Trinajstić information content (AvgIpc) is 3.35. The highest BCUT2D eigenvalue weighted by molar-refractivity contribution is 9.10. The molecule has 0 saturated heterocycles. The third-order valence-electron chi connectivity index (χ3n) is 4.28. The van der Waals surface area contributed by atoms with Gasteiger partial charge in [0, 0.05) is 35.5 Å². The Morgan fingerprint density at radius 1 is 1.42 bits per heavy atom. The molecule has 1 unspecified atom stereocenters. The Balaban J connectivity index is 1.53. The van der Waals surface area contributed by atoms with Gasteiger partial charge in [-0.3, -0.25) is 4.79 Å². The van der Waals surface area contributed by atoms with Crippen LogP contribution < -0.4 is 11.1 Å². The molecular weight excluding hydrogens is 370 g/mol. The van der Waals surface area contributed by atoms with Crippen molar-refractivity contribution < 1.29 is 9.21 Å². The lowest BCUT2D eigenvalue weighted by molar-refractivity contribution is -0.121. The van der Waals surface area contributed by atoms with Gasteiger partial charge in [0.05, 0.1) is 5.69 Å². The summed E-state index contributed by atoms with van der Waals surface area (Å²) in [5.74, 6) is 1.93. The predicted octanol–water partition coefficient (Wildman–Crippen LogP) is 3.20. The van der Waals surface area contributed by atoms with E-state index in [4.69, 9.17) is 10.2 Å². The van der Waals surface area contributed by atoms with E-state index in [9.17, 15) is 4.79 Å². The molecule has 5 nitrogen and oxygen atoms in total. The molecule has 0 aliphatic heterocycles. The molecule has 1 fully saturated rings. The van der Waals surface area contributed by atoms with Crippen LogP contribution in [0.3, 0.4) is 0 Å². The quantitative estimate of drug-likeness (QED) is 0.758. The van der Waals surface area contributed by atoms with Crippen LogP contribution in [0.1, 0.15) is 30.8 Å². The largest absolute Gasteiger partial charge is 0.440 e. The van der Waals surface area contributed by atoms with Gasteiger partial charge in [-0.1, -0.05) is 28.1 Å². The number of amides is 1. The number of halogens is 1. The van der Waals surface area contributed by atoms with Crippen LogP contribution in [0.5, 0.6) is 0 Å². The lowest BCUT2D eigenvalue weighted by Gasteiger charge is -2.10. The molecule has 24 heavy (non-hydrogen) atoms. The number of oxazole rings is 1. The summed E-state index contributed by atoms with van der Waals surface area (Å²) < 4.78 is 6.85. The van der Waals surface area contributed by atoms with Crippen LogP contribution in [0.2, 0.25) is 0 Å². The van der Waals surface area contributed by atoms with Crippen LogP contribution in [0.4, 0.5) is 0 Å². The Bertz CT molecular complexity index is 708. The summed E-state index contributed by atoms with van der Waals surface area (Å²) in [7, 11) is 0. The molecule has 128 valence electrons. The molecule has 0 spiro atoms. The van der Waals surface area contributed by atoms with E-state index >= 15 is 0 Å². The van der Waals surface area contributed by atoms with Gasteiger partial charge in [-0.2, -0.15) is 0 Å². The monoisotopic (exact) mass is 391 g/mol. The summed E-state index contributed by atoms with van der Waals surface area (Å²) in [4.78, 5) is 16.4. The van der Waals surface area contributed by atoms with Crippen LogP contribution in [0.15, 0.2) is 33.2 Å². The van der Waals surface area contributed by atoms with Crippen LogP contribution in [0, 0.1) is 12.8 Å². The normalized spacial score (nSPS) is 15.3. The maximum atomic E-state index is 11.9. The highest BCUT2D eigenvalue weighted by atomic mass is 79.9. The summed E-state index contributed by atoms with van der Waals surface area (Å²) in [6.07, 6.45) is 3.22. The Morgan fingerprint density at radius 3 is 2.79 bits per heavy atom. The van der Waals surface area contributed by atoms with Crippen molar-refractivity contribution in [3.05, 3.63) is 40.3 Å². The van der Waals surface area contributed by atoms with Crippen molar-refractivity contribution >= 4 is 21.8 Å². The van der Waals surface area contributed by atoms with Crippen molar-refractivity contribution in [2.75, 3.05) is 6.54 Å². The molecule has 0 bridgehead atoms. The first-order valence-corrected chi connectivity index (χ1v) is 9.07. The third-order valence-corrected chi connectivity index (χ3v) is 4.80. The summed E-state index contributed by atoms with van der Waals surface area (Å²) in [6.45, 7) is 2.47. The zero-order valence-corrected chi connectivity index (χ0v) is 15.3. The number of nitrogens with one attached hydrogen (secondary N) is 1. The van der Waals surface area contributed by atoms with Crippen molar-refractivity contribution in [1.29, 1.82) is 0 Å². The van der Waals surface area contributed by atoms with Gasteiger partial charge >= 0.3 is 0 Å². The minimum Gasteiger partial charge on any atom is -0.440 e. The maximum Gasteiger partial charge on any atom is 0.220 e. The number of hydrogen-bond acceptors (Lipinski definition) is 4. The van der Waals surface area contributed by atoms with Crippen molar-refractivity contribution in [2.45, 2.75) is 38.6 Å². The number of rotatable bonds is 7. The second-order valence-corrected chi connectivity index (χ2v) is 7.25. The Hall–Kier alpha value is -1.66. The fourth-order valence-electron chi connectivity index (χ4n) is 2.66. The average molecular weight is 392 g/mol. The van der Waals surface area contributed by atoms with E-state index in [2.05, 4.69) is 26.2 Å². The first-order chi connectivity index (χ1) is 11.5. The lowest BCUT2D eigenvalue weighted by atomic mass is 10.1. The molecule has 1 atom stereocenters. The fraction of sp³-hybridized carbons (Fsp3) is 0.444. The number of aryl methyl sites for hydroxylation is 2. The standard InChI is InChI=1S/C18H22BrN3O2/c1-11-18(13-4-6-14(19)7-5-13)24-17(22-11)9-8-16(23)21-10-15(20)12-2-3-12/h4-7,12,15H,2-3,8-10,20H2,1H3,(H,21,23). The Labute approximate surface area is 150 Å². The smallest absolute Gasteiger partial charge is 0.220 e. The van der Waals surface area contributed by atoms with Crippen molar-refractivity contribution in [2.24, 2.45) is 11.7 Å². The topological polar surface area (TPSA) is 81.2 Å². The van der Waals surface area contributed by atoms with E-state index in [1.54, 1.807) is 0 Å². The Kier molecular flexibility index (Phi) is 5.36. The van der Waals surface area contributed by atoms with Gasteiger partial charge in [-0.25, -0.2) is 4.98 Å². The number of hydrogen-bond donors (Lipinski definition) is 2. The van der Waals surface area contributed by atoms with Crippen LogP contribution in [0.25, 0.3) is 11.3 Å². The number of carbonyl (C=O) groups is 1. The van der Waals surface area contributed by atoms with Gasteiger partial charge < -0.3 is 15.5 Å². The van der Waals surface area contributed by atoms with E-state index in [1.165, 1.54) is 12.8 Å². The van der Waals surface area contributed by atoms with E-state index < -0.39 is 0 Å². The van der Waals surface area contributed by atoms with E-state index in [0.717, 1.165) is 21.5 Å². The molecular formula is C18H22BrN3O2. The SMILES string of the molecule is Cc1nc(CCC(=O)NCC(N)C2CC2)oc1-c1ccc(Br)cc1. The molecule has 1 heterocycles. The number of aromatic nitrogens is 1. The van der Waals surface area contributed by atoms with Crippen molar-refractivity contribution in [1.82, 2.24) is 10.3 Å². The predicted molar refractivity (Wildman–Crippen MR) is 96.4 cm³/mol. The molecule has 0 radical (unpaired) electrons. The Morgan fingerprint density at radius 2 is 2.12 bits per heavy atom. The summed E-state index contributed by atoms with van der Waals surface area (Å²) in [5.41, 5.74) is 7.80. The zero-order chi connectivity index (χ0) is 17.1. The highest BCUT2D eigenvalue weighted by Crippen LogP contribution is 2.31. The van der Waals surface area contributed by atoms with Gasteiger partial charge in [-0.15, -0.1) is 0 Å². The molecule has 1 saturated carbocycles. The summed E-state index contributed by atoms with van der Waals surface area (Å²) in [5, 5.41) is 2.89. The van der Waals surface area contributed by atoms with Crippen molar-refractivity contribution in [3.63, 3.8) is 0 Å². The molecule has 1 aliphatic carbocycles. The molecule has 3 N–H and O–H groups in total. The number of nitrogens with two attached hydrogens (primary N) is 1. The van der Waals surface area contributed by atoms with E-state index in [1.807, 2.05) is 31.2 Å². The third kappa shape index (κ3) is 4.45. The van der Waals surface area contributed by atoms with Crippen molar-refractivity contribution in [3.8, 4) is 11.3 Å². The molecule has 1 aliphatic rings. The van der Waals surface area contributed by atoms with Gasteiger partial charge in [0.15, 0.2) is 11.7 Å².